The summed E-state index contributed by atoms with van der Waals surface area (Å²) in [7, 11) is 0. The summed E-state index contributed by atoms with van der Waals surface area (Å²) in [6, 6.07) is 0. The Hall–Kier alpha value is -0.380. The van der Waals surface area contributed by atoms with E-state index in [1.807, 2.05) is 0 Å². The summed E-state index contributed by atoms with van der Waals surface area (Å²) in [5.41, 5.74) is 1.17. The van der Waals surface area contributed by atoms with Crippen molar-refractivity contribution in [2.24, 2.45) is 17.8 Å². The number of ether oxygens (including phenoxy) is 2. The largest absolute Gasteiger partial charge is 0.445 e. The van der Waals surface area contributed by atoms with Gasteiger partial charge in [-0.25, -0.2) is 0 Å². The molecule has 0 radical (unpaired) electrons. The van der Waals surface area contributed by atoms with Gasteiger partial charge >= 0.3 is 0 Å². The van der Waals surface area contributed by atoms with E-state index in [4.69, 9.17) is 14.6 Å². The monoisotopic (exact) mass is 241 g/mol. The Morgan fingerprint density at radius 1 is 1.35 bits per heavy atom. The van der Waals surface area contributed by atoms with Crippen molar-refractivity contribution in [3.63, 3.8) is 0 Å². The Balaban J connectivity index is 2.11. The van der Waals surface area contributed by atoms with E-state index in [0.717, 1.165) is 12.8 Å². The summed E-state index contributed by atoms with van der Waals surface area (Å²) in [5.74, 6) is 0.780. The van der Waals surface area contributed by atoms with Gasteiger partial charge in [-0.15, -0.1) is 0 Å². The Morgan fingerprint density at radius 3 is 2.53 bits per heavy atom. The maximum Gasteiger partial charge on any atom is 0.174 e. The summed E-state index contributed by atoms with van der Waals surface area (Å²) in [5, 5.41) is 7.40. The van der Waals surface area contributed by atoms with Crippen LogP contribution < -0.4 is 0 Å². The van der Waals surface area contributed by atoms with Gasteiger partial charge in [-0.05, 0) is 25.7 Å². The predicted molar refractivity (Wildman–Crippen MR) is 67.9 cm³/mol. The summed E-state index contributed by atoms with van der Waals surface area (Å²) < 4.78 is 12.1. The normalized spacial score (nSPS) is 42.6. The van der Waals surface area contributed by atoms with Crippen LogP contribution in [0.4, 0.5) is 0 Å². The zero-order valence-corrected chi connectivity index (χ0v) is 11.0. The molecule has 2 aliphatic rings. The van der Waals surface area contributed by atoms with Crippen molar-refractivity contribution in [1.29, 1.82) is 0 Å². The summed E-state index contributed by atoms with van der Waals surface area (Å²) >= 11 is 0. The second kappa shape index (κ2) is 5.09. The van der Waals surface area contributed by atoms with Gasteiger partial charge in [0.15, 0.2) is 12.4 Å². The van der Waals surface area contributed by atoms with Crippen molar-refractivity contribution in [2.45, 2.75) is 38.9 Å². The van der Waals surface area contributed by atoms with Crippen LogP contribution in [0.15, 0.2) is 12.2 Å². The highest BCUT2D eigenvalue weighted by Gasteiger charge is 2.48. The average molecular weight is 241 g/mol. The third-order valence-corrected chi connectivity index (χ3v) is 4.12. The van der Waals surface area contributed by atoms with Crippen molar-refractivity contribution in [3.05, 3.63) is 12.2 Å². The highest BCUT2D eigenvalue weighted by molar-refractivity contribution is 5.06. The highest BCUT2D eigenvalue weighted by atomic mass is 16.7. The van der Waals surface area contributed by atoms with Gasteiger partial charge in [-0.1, -0.05) is 19.1 Å². The molecule has 0 bridgehead atoms. The number of hydrogen-bond donors (Lipinski definition) is 0. The standard InChI is InChI=1S/C14H24O3/c1-10(2)13-5-4-11(3)6-14(13)16-8-12(7-15)9-17-14/h11-13,15H,1,4-9H2,2-3H3/p+1. The predicted octanol–water partition coefficient (Wildman–Crippen LogP) is 2.08. The molecule has 1 heterocycles. The second-order valence-electron chi connectivity index (χ2n) is 5.79. The van der Waals surface area contributed by atoms with Crippen molar-refractivity contribution < 1.29 is 14.6 Å². The lowest BCUT2D eigenvalue weighted by molar-refractivity contribution is -0.320. The molecule has 1 saturated heterocycles. The molecule has 2 atom stereocenters. The minimum Gasteiger partial charge on any atom is -0.445 e. The lowest BCUT2D eigenvalue weighted by atomic mass is 9.74. The fourth-order valence-corrected chi connectivity index (χ4v) is 3.07. The summed E-state index contributed by atoms with van der Waals surface area (Å²) in [4.78, 5) is 0. The van der Waals surface area contributed by atoms with Crippen LogP contribution in [0, 0.1) is 17.8 Å². The van der Waals surface area contributed by atoms with Crippen molar-refractivity contribution in [1.82, 2.24) is 0 Å². The fourth-order valence-electron chi connectivity index (χ4n) is 3.07. The van der Waals surface area contributed by atoms with Crippen LogP contribution in [0.1, 0.15) is 33.1 Å². The van der Waals surface area contributed by atoms with Crippen LogP contribution in [0.2, 0.25) is 0 Å². The summed E-state index contributed by atoms with van der Waals surface area (Å²) in [6.45, 7) is 10.2. The first-order chi connectivity index (χ1) is 8.07. The maximum absolute atomic E-state index is 7.40. The van der Waals surface area contributed by atoms with Crippen molar-refractivity contribution in [2.75, 3.05) is 19.8 Å². The summed E-state index contributed by atoms with van der Waals surface area (Å²) in [6.07, 6.45) is 3.31. The smallest absolute Gasteiger partial charge is 0.174 e. The van der Waals surface area contributed by atoms with Crippen molar-refractivity contribution >= 4 is 0 Å². The zero-order chi connectivity index (χ0) is 12.5. The van der Waals surface area contributed by atoms with Gasteiger partial charge in [0.1, 0.15) is 0 Å². The van der Waals surface area contributed by atoms with Crippen LogP contribution in [-0.2, 0) is 9.47 Å². The molecule has 0 aromatic rings. The lowest BCUT2D eigenvalue weighted by Gasteiger charge is -2.49. The quantitative estimate of drug-likeness (QED) is 0.548. The van der Waals surface area contributed by atoms with Gasteiger partial charge in [-0.3, -0.25) is 0 Å². The maximum atomic E-state index is 7.40. The Morgan fingerprint density at radius 2 is 2.00 bits per heavy atom. The van der Waals surface area contributed by atoms with Crippen LogP contribution in [-0.4, -0.2) is 30.7 Å². The highest BCUT2D eigenvalue weighted by Crippen LogP contribution is 2.45. The number of hydrogen-bond acceptors (Lipinski definition) is 2. The Kier molecular flexibility index (Phi) is 3.91. The van der Waals surface area contributed by atoms with Crippen LogP contribution in [0.5, 0.6) is 0 Å². The van der Waals surface area contributed by atoms with Crippen LogP contribution >= 0.6 is 0 Å². The second-order valence-corrected chi connectivity index (χ2v) is 5.79. The first-order valence-corrected chi connectivity index (χ1v) is 6.65. The molecule has 1 spiro atoms. The molecule has 2 unspecified atom stereocenters. The van der Waals surface area contributed by atoms with E-state index < -0.39 is 5.79 Å². The van der Waals surface area contributed by atoms with Gasteiger partial charge in [-0.2, -0.15) is 0 Å². The first-order valence-electron chi connectivity index (χ1n) is 6.65. The molecule has 2 rings (SSSR count). The van der Waals surface area contributed by atoms with E-state index in [0.29, 0.717) is 31.7 Å². The Bertz CT molecular complexity index is 279. The fraction of sp³-hybridized carbons (Fsp3) is 0.857. The van der Waals surface area contributed by atoms with E-state index in [-0.39, 0.29) is 5.92 Å². The minimum absolute atomic E-state index is 0.239. The third-order valence-electron chi connectivity index (χ3n) is 4.12. The third kappa shape index (κ3) is 2.56. The molecule has 3 heteroatoms. The van der Waals surface area contributed by atoms with Gasteiger partial charge < -0.3 is 14.6 Å². The van der Waals surface area contributed by atoms with Gasteiger partial charge in [0, 0.05) is 12.3 Å². The molecule has 2 N–H and O–H groups in total. The SMILES string of the molecule is C=C(C)C1CCC(C)CC12OCC(C[OH2+])CO2. The van der Waals surface area contributed by atoms with Gasteiger partial charge in [0.2, 0.25) is 0 Å². The van der Waals surface area contributed by atoms with E-state index in [2.05, 4.69) is 20.4 Å². The molecular formula is C14H25O3+. The van der Waals surface area contributed by atoms with E-state index in [1.165, 1.54) is 12.0 Å². The van der Waals surface area contributed by atoms with Crippen LogP contribution in [0.25, 0.3) is 0 Å². The lowest BCUT2D eigenvalue weighted by Crippen LogP contribution is -2.53. The molecule has 1 aliphatic heterocycles. The van der Waals surface area contributed by atoms with Gasteiger partial charge in [0.25, 0.3) is 0 Å². The molecule has 98 valence electrons. The van der Waals surface area contributed by atoms with E-state index >= 15 is 0 Å². The molecule has 1 aliphatic carbocycles. The first kappa shape index (κ1) is 13.1. The van der Waals surface area contributed by atoms with E-state index in [9.17, 15) is 0 Å². The molecule has 0 aromatic carbocycles. The molecule has 0 amide bonds. The molecule has 1 saturated carbocycles. The van der Waals surface area contributed by atoms with Crippen LogP contribution in [0.3, 0.4) is 0 Å². The Labute approximate surface area is 104 Å². The molecule has 17 heavy (non-hydrogen) atoms. The zero-order valence-electron chi connectivity index (χ0n) is 11.0. The van der Waals surface area contributed by atoms with Crippen molar-refractivity contribution in [3.8, 4) is 0 Å². The molecular weight excluding hydrogens is 216 g/mol. The topological polar surface area (TPSA) is 41.4 Å². The molecule has 2 fully saturated rings. The number of rotatable bonds is 2. The molecule has 0 aromatic heterocycles. The van der Waals surface area contributed by atoms with E-state index in [1.54, 1.807) is 0 Å². The average Bonchev–Trinajstić information content (AvgIpc) is 2.29. The minimum atomic E-state index is -0.435. The van der Waals surface area contributed by atoms with Gasteiger partial charge in [0.05, 0.1) is 19.1 Å². The molecule has 3 nitrogen and oxygen atoms in total.